The zero-order chi connectivity index (χ0) is 14.2. The second kappa shape index (κ2) is 5.16. The Morgan fingerprint density at radius 2 is 2.05 bits per heavy atom. The quantitative estimate of drug-likeness (QED) is 0.648. The summed E-state index contributed by atoms with van der Waals surface area (Å²) in [7, 11) is 0. The van der Waals surface area contributed by atoms with Crippen LogP contribution in [0.4, 0.5) is 0 Å². The van der Waals surface area contributed by atoms with Gasteiger partial charge in [-0.25, -0.2) is 4.98 Å². The van der Waals surface area contributed by atoms with Crippen molar-refractivity contribution in [3.05, 3.63) is 51.4 Å². The Hall–Kier alpha value is -1.85. The molecule has 1 aromatic heterocycles. The van der Waals surface area contributed by atoms with Crippen molar-refractivity contribution in [2.24, 2.45) is 0 Å². The van der Waals surface area contributed by atoms with E-state index in [0.717, 1.165) is 32.1 Å². The van der Waals surface area contributed by atoms with Gasteiger partial charge in [-0.1, -0.05) is 18.2 Å². The molecule has 104 valence electrons. The maximum Gasteiger partial charge on any atom is 0.231 e. The average molecular weight is 360 g/mol. The van der Waals surface area contributed by atoms with Gasteiger partial charge >= 0.3 is 0 Å². The van der Waals surface area contributed by atoms with E-state index in [9.17, 15) is 0 Å². The maximum atomic E-state index is 5.42. The van der Waals surface area contributed by atoms with E-state index in [-0.39, 0.29) is 6.79 Å². The molecule has 21 heavy (non-hydrogen) atoms. The average Bonchev–Trinajstić information content (AvgIpc) is 3.11. The third-order valence-corrected chi connectivity index (χ3v) is 4.77. The third kappa shape index (κ3) is 2.43. The molecule has 0 N–H and O–H groups in total. The predicted molar refractivity (Wildman–Crippen MR) is 88.8 cm³/mol. The van der Waals surface area contributed by atoms with Gasteiger partial charge in [0.15, 0.2) is 11.5 Å². The minimum Gasteiger partial charge on any atom is -0.454 e. The van der Waals surface area contributed by atoms with Crippen LogP contribution < -0.4 is 9.47 Å². The molecule has 0 saturated carbocycles. The molecule has 3 aromatic rings. The van der Waals surface area contributed by atoms with Crippen molar-refractivity contribution in [2.75, 3.05) is 6.79 Å². The summed E-state index contributed by atoms with van der Waals surface area (Å²) in [6.07, 6.45) is 4.05. The molecule has 4 rings (SSSR count). The Balaban J connectivity index is 1.67. The number of thiazole rings is 1. The van der Waals surface area contributed by atoms with Gasteiger partial charge in [-0.3, -0.25) is 0 Å². The molecule has 0 spiro atoms. The molecule has 3 nitrogen and oxygen atoms in total. The van der Waals surface area contributed by atoms with Gasteiger partial charge in [0, 0.05) is 0 Å². The highest BCUT2D eigenvalue weighted by Gasteiger charge is 2.17. The zero-order valence-electron chi connectivity index (χ0n) is 10.9. The molecule has 2 heterocycles. The van der Waals surface area contributed by atoms with Crippen LogP contribution in [-0.4, -0.2) is 11.8 Å². The number of halogens is 1. The van der Waals surface area contributed by atoms with E-state index in [1.54, 1.807) is 11.3 Å². The lowest BCUT2D eigenvalue weighted by Crippen LogP contribution is -1.93. The summed E-state index contributed by atoms with van der Waals surface area (Å²) < 4.78 is 12.9. The molecule has 0 fully saturated rings. The number of hydrogen-bond donors (Lipinski definition) is 0. The molecule has 0 unspecified atom stereocenters. The first kappa shape index (κ1) is 12.9. The smallest absolute Gasteiger partial charge is 0.231 e. The number of fused-ring (bicyclic) bond motifs is 2. The molecule has 0 aliphatic carbocycles. The van der Waals surface area contributed by atoms with E-state index in [2.05, 4.69) is 27.0 Å². The van der Waals surface area contributed by atoms with Crippen LogP contribution in [0.15, 0.2) is 40.9 Å². The Bertz CT molecular complexity index is 824. The van der Waals surface area contributed by atoms with Crippen LogP contribution in [0.1, 0.15) is 10.6 Å². The predicted octanol–water partition coefficient (Wildman–Crippen LogP) is 4.96. The number of benzene rings is 2. The highest BCUT2D eigenvalue weighted by atomic mass is 79.9. The minimum atomic E-state index is 0.277. The second-order valence-corrected chi connectivity index (χ2v) is 6.51. The standard InChI is InChI=1S/C16H10BrNO2S/c17-11-7-10(8-13-16(11)20-9-19-13)5-6-15-18-12-3-1-2-4-14(12)21-15/h1-8H,9H2/b6-5+. The molecule has 0 atom stereocenters. The second-order valence-electron chi connectivity index (χ2n) is 4.59. The van der Waals surface area contributed by atoms with Crippen LogP contribution in [0.3, 0.4) is 0 Å². The van der Waals surface area contributed by atoms with Crippen LogP contribution >= 0.6 is 27.3 Å². The number of ether oxygens (including phenoxy) is 2. The number of rotatable bonds is 2. The molecule has 0 radical (unpaired) electrons. The monoisotopic (exact) mass is 359 g/mol. The van der Waals surface area contributed by atoms with Crippen LogP contribution in [0, 0.1) is 0 Å². The molecule has 5 heteroatoms. The Kier molecular flexibility index (Phi) is 3.16. The Morgan fingerprint density at radius 1 is 1.14 bits per heavy atom. The van der Waals surface area contributed by atoms with Crippen LogP contribution in [0.2, 0.25) is 0 Å². The van der Waals surface area contributed by atoms with E-state index in [0.29, 0.717) is 0 Å². The first-order valence-corrected chi connectivity index (χ1v) is 8.03. The Labute approximate surface area is 134 Å². The highest BCUT2D eigenvalue weighted by Crippen LogP contribution is 2.40. The Morgan fingerprint density at radius 3 is 2.95 bits per heavy atom. The molecule has 0 saturated heterocycles. The lowest BCUT2D eigenvalue weighted by Gasteiger charge is -2.00. The minimum absolute atomic E-state index is 0.277. The fourth-order valence-electron chi connectivity index (χ4n) is 2.21. The highest BCUT2D eigenvalue weighted by molar-refractivity contribution is 9.10. The van der Waals surface area contributed by atoms with E-state index >= 15 is 0 Å². The van der Waals surface area contributed by atoms with E-state index in [1.165, 1.54) is 4.70 Å². The fourth-order valence-corrected chi connectivity index (χ4v) is 3.66. The van der Waals surface area contributed by atoms with Crippen molar-refractivity contribution in [3.8, 4) is 11.5 Å². The van der Waals surface area contributed by atoms with Crippen molar-refractivity contribution in [3.63, 3.8) is 0 Å². The molecule has 1 aliphatic heterocycles. The summed E-state index contributed by atoms with van der Waals surface area (Å²) in [5.74, 6) is 1.54. The SMILES string of the molecule is Brc1cc(/C=C/c2nc3ccccc3s2)cc2c1OCO2. The number of hydrogen-bond acceptors (Lipinski definition) is 4. The third-order valence-electron chi connectivity index (χ3n) is 3.18. The zero-order valence-corrected chi connectivity index (χ0v) is 13.3. The van der Waals surface area contributed by atoms with Crippen LogP contribution in [0.5, 0.6) is 11.5 Å². The molecule has 1 aliphatic rings. The molecule has 2 aromatic carbocycles. The fraction of sp³-hybridized carbons (Fsp3) is 0.0625. The number of aromatic nitrogens is 1. The first-order chi connectivity index (χ1) is 10.3. The van der Waals surface area contributed by atoms with Gasteiger partial charge in [0.1, 0.15) is 5.01 Å². The normalized spacial score (nSPS) is 13.4. The van der Waals surface area contributed by atoms with Crippen LogP contribution in [0.25, 0.3) is 22.4 Å². The number of para-hydroxylation sites is 1. The van der Waals surface area contributed by atoms with Gasteiger partial charge in [0.2, 0.25) is 6.79 Å². The van der Waals surface area contributed by atoms with Gasteiger partial charge in [-0.15, -0.1) is 11.3 Å². The summed E-state index contributed by atoms with van der Waals surface area (Å²) in [5, 5.41) is 0.991. The van der Waals surface area contributed by atoms with E-state index in [4.69, 9.17) is 9.47 Å². The molecule has 0 bridgehead atoms. The van der Waals surface area contributed by atoms with Gasteiger partial charge in [0.25, 0.3) is 0 Å². The van der Waals surface area contributed by atoms with Crippen molar-refractivity contribution < 1.29 is 9.47 Å². The molecular formula is C16H10BrNO2S. The topological polar surface area (TPSA) is 31.4 Å². The molecular weight excluding hydrogens is 350 g/mol. The van der Waals surface area contributed by atoms with Crippen molar-refractivity contribution in [1.29, 1.82) is 0 Å². The van der Waals surface area contributed by atoms with Crippen LogP contribution in [-0.2, 0) is 0 Å². The van der Waals surface area contributed by atoms with E-state index in [1.807, 2.05) is 42.5 Å². The molecule has 0 amide bonds. The summed E-state index contributed by atoms with van der Waals surface area (Å²) >= 11 is 5.18. The summed E-state index contributed by atoms with van der Waals surface area (Å²) in [4.78, 5) is 4.59. The number of nitrogens with zero attached hydrogens (tertiary/aromatic N) is 1. The first-order valence-electron chi connectivity index (χ1n) is 6.42. The maximum absolute atomic E-state index is 5.42. The van der Waals surface area contributed by atoms with Gasteiger partial charge < -0.3 is 9.47 Å². The van der Waals surface area contributed by atoms with Crippen molar-refractivity contribution in [2.45, 2.75) is 0 Å². The van der Waals surface area contributed by atoms with Gasteiger partial charge in [0.05, 0.1) is 14.7 Å². The van der Waals surface area contributed by atoms with Crippen molar-refractivity contribution >= 4 is 49.6 Å². The van der Waals surface area contributed by atoms with E-state index < -0.39 is 0 Å². The summed E-state index contributed by atoms with van der Waals surface area (Å²) in [5.41, 5.74) is 2.08. The lowest BCUT2D eigenvalue weighted by atomic mass is 10.2. The summed E-state index contributed by atoms with van der Waals surface area (Å²) in [6.45, 7) is 0.277. The largest absolute Gasteiger partial charge is 0.454 e. The van der Waals surface area contributed by atoms with Gasteiger partial charge in [-0.05, 0) is 51.8 Å². The lowest BCUT2D eigenvalue weighted by molar-refractivity contribution is 0.173. The summed E-state index contributed by atoms with van der Waals surface area (Å²) in [6, 6.07) is 12.1. The van der Waals surface area contributed by atoms with Gasteiger partial charge in [-0.2, -0.15) is 0 Å². The van der Waals surface area contributed by atoms with Crippen molar-refractivity contribution in [1.82, 2.24) is 4.98 Å².